The summed E-state index contributed by atoms with van der Waals surface area (Å²) in [5, 5.41) is 4.68. The number of nitrogens with one attached hydrogen (secondary N) is 1. The van der Waals surface area contributed by atoms with Gasteiger partial charge in [0.15, 0.2) is 0 Å². The van der Waals surface area contributed by atoms with Crippen molar-refractivity contribution < 1.29 is 4.74 Å². The number of hydrogen-bond donors (Lipinski definition) is 1. The van der Waals surface area contributed by atoms with Gasteiger partial charge in [0.05, 0.1) is 15.2 Å². The molecule has 1 aromatic carbocycles. The van der Waals surface area contributed by atoms with Gasteiger partial charge >= 0.3 is 0 Å². The lowest BCUT2D eigenvalue weighted by molar-refractivity contribution is 0.277. The summed E-state index contributed by atoms with van der Waals surface area (Å²) in [6.07, 6.45) is 4.71. The fourth-order valence-electron chi connectivity index (χ4n) is 2.46. The predicted molar refractivity (Wildman–Crippen MR) is 80.1 cm³/mol. The molecule has 1 N–H and O–H groups in total. The molecule has 3 rings (SSSR count). The number of ether oxygens (including phenoxy) is 1. The van der Waals surface area contributed by atoms with Crippen LogP contribution >= 0.6 is 11.3 Å². The quantitative estimate of drug-likeness (QED) is 0.909. The molecule has 0 bridgehead atoms. The molecule has 0 amide bonds. The molecule has 0 aliphatic carbocycles. The van der Waals surface area contributed by atoms with Crippen LogP contribution in [0.25, 0.3) is 10.2 Å². The van der Waals surface area contributed by atoms with Crippen LogP contribution in [-0.4, -0.2) is 24.2 Å². The fourth-order valence-corrected chi connectivity index (χ4v) is 3.56. The van der Waals surface area contributed by atoms with Gasteiger partial charge in [-0.1, -0.05) is 6.92 Å². The Balaban J connectivity index is 1.69. The molecule has 102 valence electrons. The summed E-state index contributed by atoms with van der Waals surface area (Å²) in [6.45, 7) is 4.09. The number of fused-ring (bicyclic) bond motifs is 1. The number of rotatable bonds is 5. The molecule has 1 aromatic heterocycles. The lowest BCUT2D eigenvalue weighted by Gasteiger charge is -2.11. The summed E-state index contributed by atoms with van der Waals surface area (Å²) in [5.41, 5.74) is 1.10. The SMILES string of the molecule is CCCc1nc2ccc(OCC3CCCN3)cc2s1. The standard InChI is InChI=1S/C15H20N2OS/c1-2-4-15-17-13-7-6-12(9-14(13)19-15)18-10-11-5-3-8-16-11/h6-7,9,11,16H,2-5,8,10H2,1H3. The van der Waals surface area contributed by atoms with Crippen LogP contribution in [0.3, 0.4) is 0 Å². The summed E-state index contributed by atoms with van der Waals surface area (Å²) < 4.78 is 7.12. The third kappa shape index (κ3) is 3.07. The average Bonchev–Trinajstić information content (AvgIpc) is 3.05. The number of aromatic nitrogens is 1. The van der Waals surface area contributed by atoms with Crippen LogP contribution < -0.4 is 10.1 Å². The molecule has 0 saturated carbocycles. The minimum atomic E-state index is 0.521. The Morgan fingerprint density at radius 2 is 2.42 bits per heavy atom. The van der Waals surface area contributed by atoms with Crippen LogP contribution in [0.5, 0.6) is 5.75 Å². The maximum Gasteiger partial charge on any atom is 0.120 e. The molecule has 0 radical (unpaired) electrons. The second kappa shape index (κ2) is 5.88. The van der Waals surface area contributed by atoms with E-state index in [9.17, 15) is 0 Å². The van der Waals surface area contributed by atoms with Gasteiger partial charge in [-0.05, 0) is 50.4 Å². The molecule has 2 heterocycles. The molecule has 1 atom stereocenters. The molecular weight excluding hydrogens is 256 g/mol. The van der Waals surface area contributed by atoms with Crippen molar-refractivity contribution in [2.24, 2.45) is 0 Å². The highest BCUT2D eigenvalue weighted by atomic mass is 32.1. The average molecular weight is 276 g/mol. The van der Waals surface area contributed by atoms with Crippen LogP contribution in [0.1, 0.15) is 31.2 Å². The summed E-state index contributed by atoms with van der Waals surface area (Å²) in [4.78, 5) is 4.63. The smallest absolute Gasteiger partial charge is 0.120 e. The normalized spacial score (nSPS) is 19.1. The summed E-state index contributed by atoms with van der Waals surface area (Å²) in [6, 6.07) is 6.75. The Labute approximate surface area is 118 Å². The van der Waals surface area contributed by atoms with Gasteiger partial charge in [0.25, 0.3) is 0 Å². The second-order valence-electron chi connectivity index (χ2n) is 5.09. The highest BCUT2D eigenvalue weighted by Crippen LogP contribution is 2.27. The summed E-state index contributed by atoms with van der Waals surface area (Å²) in [7, 11) is 0. The predicted octanol–water partition coefficient (Wildman–Crippen LogP) is 3.38. The van der Waals surface area contributed by atoms with Crippen LogP contribution in [0.4, 0.5) is 0 Å². The highest BCUT2D eigenvalue weighted by Gasteiger charge is 2.14. The number of aryl methyl sites for hydroxylation is 1. The monoisotopic (exact) mass is 276 g/mol. The Kier molecular flexibility index (Phi) is 3.99. The van der Waals surface area contributed by atoms with E-state index in [1.807, 2.05) is 6.07 Å². The molecule has 1 saturated heterocycles. The first-order chi connectivity index (χ1) is 9.35. The van der Waals surface area contributed by atoms with E-state index in [2.05, 4.69) is 29.4 Å². The zero-order chi connectivity index (χ0) is 13.1. The first-order valence-corrected chi connectivity index (χ1v) is 7.92. The van der Waals surface area contributed by atoms with E-state index >= 15 is 0 Å². The summed E-state index contributed by atoms with van der Waals surface area (Å²) in [5.74, 6) is 0.966. The third-order valence-corrected chi connectivity index (χ3v) is 4.56. The Hall–Kier alpha value is -1.13. The number of nitrogens with zero attached hydrogens (tertiary/aromatic N) is 1. The molecule has 1 unspecified atom stereocenters. The van der Waals surface area contributed by atoms with E-state index in [0.29, 0.717) is 6.04 Å². The van der Waals surface area contributed by atoms with E-state index < -0.39 is 0 Å². The molecule has 3 nitrogen and oxygen atoms in total. The number of hydrogen-bond acceptors (Lipinski definition) is 4. The molecule has 1 fully saturated rings. The van der Waals surface area contributed by atoms with Crippen LogP contribution in [0.2, 0.25) is 0 Å². The van der Waals surface area contributed by atoms with Crippen molar-refractivity contribution in [3.05, 3.63) is 23.2 Å². The van der Waals surface area contributed by atoms with E-state index in [1.54, 1.807) is 11.3 Å². The molecule has 4 heteroatoms. The van der Waals surface area contributed by atoms with E-state index in [1.165, 1.54) is 22.5 Å². The minimum absolute atomic E-state index is 0.521. The topological polar surface area (TPSA) is 34.1 Å². The van der Waals surface area contributed by atoms with Gasteiger partial charge in [-0.25, -0.2) is 4.98 Å². The Morgan fingerprint density at radius 3 is 3.21 bits per heavy atom. The van der Waals surface area contributed by atoms with Gasteiger partial charge in [0, 0.05) is 6.04 Å². The first-order valence-electron chi connectivity index (χ1n) is 7.11. The van der Waals surface area contributed by atoms with Crippen LogP contribution in [0.15, 0.2) is 18.2 Å². The minimum Gasteiger partial charge on any atom is -0.492 e. The van der Waals surface area contributed by atoms with Crippen molar-refractivity contribution in [1.29, 1.82) is 0 Å². The third-order valence-electron chi connectivity index (χ3n) is 3.48. The maximum atomic E-state index is 5.88. The van der Waals surface area contributed by atoms with Crippen molar-refractivity contribution in [3.63, 3.8) is 0 Å². The maximum absolute atomic E-state index is 5.88. The van der Waals surface area contributed by atoms with Gasteiger partial charge in [-0.3, -0.25) is 0 Å². The number of benzene rings is 1. The molecule has 19 heavy (non-hydrogen) atoms. The van der Waals surface area contributed by atoms with Crippen molar-refractivity contribution >= 4 is 21.6 Å². The van der Waals surface area contributed by atoms with Gasteiger partial charge < -0.3 is 10.1 Å². The lowest BCUT2D eigenvalue weighted by atomic mass is 10.2. The van der Waals surface area contributed by atoms with Crippen LogP contribution in [0, 0.1) is 0 Å². The van der Waals surface area contributed by atoms with Crippen molar-refractivity contribution in [2.75, 3.05) is 13.2 Å². The lowest BCUT2D eigenvalue weighted by Crippen LogP contribution is -2.28. The summed E-state index contributed by atoms with van der Waals surface area (Å²) >= 11 is 1.79. The van der Waals surface area contributed by atoms with Crippen molar-refractivity contribution in [3.8, 4) is 5.75 Å². The highest BCUT2D eigenvalue weighted by molar-refractivity contribution is 7.18. The molecule has 1 aliphatic rings. The van der Waals surface area contributed by atoms with E-state index in [4.69, 9.17) is 4.74 Å². The molecule has 2 aromatic rings. The zero-order valence-electron chi connectivity index (χ0n) is 11.3. The molecule has 1 aliphatic heterocycles. The second-order valence-corrected chi connectivity index (χ2v) is 6.21. The first kappa shape index (κ1) is 12.9. The van der Waals surface area contributed by atoms with Crippen LogP contribution in [-0.2, 0) is 6.42 Å². The fraction of sp³-hybridized carbons (Fsp3) is 0.533. The Bertz CT molecular complexity index is 546. The van der Waals surface area contributed by atoms with Crippen molar-refractivity contribution in [2.45, 2.75) is 38.6 Å². The van der Waals surface area contributed by atoms with E-state index in [-0.39, 0.29) is 0 Å². The van der Waals surface area contributed by atoms with Gasteiger partial charge in [-0.2, -0.15) is 0 Å². The molecule has 0 spiro atoms. The van der Waals surface area contributed by atoms with Gasteiger partial charge in [-0.15, -0.1) is 11.3 Å². The van der Waals surface area contributed by atoms with Gasteiger partial charge in [0.1, 0.15) is 12.4 Å². The largest absolute Gasteiger partial charge is 0.492 e. The van der Waals surface area contributed by atoms with Crippen molar-refractivity contribution in [1.82, 2.24) is 10.3 Å². The number of thiazole rings is 1. The van der Waals surface area contributed by atoms with Gasteiger partial charge in [0.2, 0.25) is 0 Å². The zero-order valence-corrected chi connectivity index (χ0v) is 12.1. The van der Waals surface area contributed by atoms with E-state index in [0.717, 1.165) is 37.3 Å². The molecular formula is C15H20N2OS. The Morgan fingerprint density at radius 1 is 1.47 bits per heavy atom.